The van der Waals surface area contributed by atoms with E-state index in [1.807, 2.05) is 0 Å². The average molecular weight is 314 g/mol. The van der Waals surface area contributed by atoms with Crippen molar-refractivity contribution in [2.24, 2.45) is 5.92 Å². The Labute approximate surface area is 122 Å². The molecule has 1 unspecified atom stereocenters. The summed E-state index contributed by atoms with van der Waals surface area (Å²) in [5, 5.41) is 8.95. The Morgan fingerprint density at radius 2 is 2.14 bits per heavy atom. The lowest BCUT2D eigenvalue weighted by molar-refractivity contribution is 0.0695. The van der Waals surface area contributed by atoms with Crippen LogP contribution in [0.4, 0.5) is 0 Å². The summed E-state index contributed by atoms with van der Waals surface area (Å²) in [4.78, 5) is 22.7. The lowest BCUT2D eigenvalue weighted by Gasteiger charge is -2.31. The molecule has 0 aliphatic carbocycles. The molecule has 2 rings (SSSR count). The molecule has 21 heavy (non-hydrogen) atoms. The molecular weight excluding hydrogens is 296 g/mol. The van der Waals surface area contributed by atoms with Crippen LogP contribution >= 0.6 is 0 Å². The van der Waals surface area contributed by atoms with E-state index in [4.69, 9.17) is 5.11 Å². The Bertz CT molecular complexity index is 695. The van der Waals surface area contributed by atoms with Crippen LogP contribution in [0, 0.1) is 5.92 Å². The van der Waals surface area contributed by atoms with E-state index in [2.05, 4.69) is 0 Å². The molecule has 0 amide bonds. The number of hydrogen-bond donors (Lipinski definition) is 1. The summed E-state index contributed by atoms with van der Waals surface area (Å²) in [6.07, 6.45) is 4.04. The van der Waals surface area contributed by atoms with Crippen molar-refractivity contribution in [2.75, 3.05) is 19.3 Å². The lowest BCUT2D eigenvalue weighted by Crippen LogP contribution is -2.41. The van der Waals surface area contributed by atoms with E-state index >= 15 is 0 Å². The second-order valence-corrected chi connectivity index (χ2v) is 7.33. The minimum atomic E-state index is -3.23. The number of aromatic nitrogens is 1. The van der Waals surface area contributed by atoms with Crippen LogP contribution in [0.3, 0.4) is 0 Å². The number of piperidine rings is 1. The molecule has 8 heteroatoms. The van der Waals surface area contributed by atoms with E-state index in [0.717, 1.165) is 12.8 Å². The zero-order valence-electron chi connectivity index (χ0n) is 11.7. The standard InChI is InChI=1S/C13H18N2O5S/c1-21(19,20)15-6-2-3-10(8-15)7-14-9-11(13(17)18)4-5-12(14)16/h4-5,9-10H,2-3,6-8H2,1H3,(H,17,18). The third kappa shape index (κ3) is 3.92. The molecule has 0 aromatic carbocycles. The number of sulfonamides is 1. The number of carbonyl (C=O) groups is 1. The van der Waals surface area contributed by atoms with Crippen LogP contribution in [0.5, 0.6) is 0 Å². The van der Waals surface area contributed by atoms with Gasteiger partial charge in [-0.1, -0.05) is 0 Å². The van der Waals surface area contributed by atoms with Crippen LogP contribution in [0.1, 0.15) is 23.2 Å². The maximum atomic E-state index is 11.8. The quantitative estimate of drug-likeness (QED) is 0.857. The summed E-state index contributed by atoms with van der Waals surface area (Å²) < 4.78 is 25.9. The first kappa shape index (κ1) is 15.7. The Kier molecular flexibility index (Phi) is 4.48. The van der Waals surface area contributed by atoms with Crippen molar-refractivity contribution in [2.45, 2.75) is 19.4 Å². The van der Waals surface area contributed by atoms with Gasteiger partial charge >= 0.3 is 5.97 Å². The van der Waals surface area contributed by atoms with Gasteiger partial charge in [0, 0.05) is 31.9 Å². The molecule has 2 heterocycles. The van der Waals surface area contributed by atoms with Gasteiger partial charge < -0.3 is 9.67 Å². The number of aromatic carboxylic acids is 1. The van der Waals surface area contributed by atoms with E-state index in [-0.39, 0.29) is 17.0 Å². The van der Waals surface area contributed by atoms with Crippen molar-refractivity contribution >= 4 is 16.0 Å². The Morgan fingerprint density at radius 3 is 2.76 bits per heavy atom. The van der Waals surface area contributed by atoms with Gasteiger partial charge in [0.05, 0.1) is 11.8 Å². The van der Waals surface area contributed by atoms with E-state index in [1.54, 1.807) is 0 Å². The fraction of sp³-hybridized carbons (Fsp3) is 0.538. The number of carboxylic acid groups (broad SMARTS) is 1. The topological polar surface area (TPSA) is 96.7 Å². The van der Waals surface area contributed by atoms with Gasteiger partial charge in [0.1, 0.15) is 0 Å². The molecule has 1 fully saturated rings. The molecule has 0 saturated carbocycles. The molecule has 1 aliphatic heterocycles. The molecule has 7 nitrogen and oxygen atoms in total. The summed E-state index contributed by atoms with van der Waals surface area (Å²) in [7, 11) is -3.23. The molecule has 0 spiro atoms. The monoisotopic (exact) mass is 314 g/mol. The van der Waals surface area contributed by atoms with E-state index in [0.29, 0.717) is 19.6 Å². The van der Waals surface area contributed by atoms with Gasteiger partial charge in [0.2, 0.25) is 10.0 Å². The second kappa shape index (κ2) is 5.98. The molecule has 0 radical (unpaired) electrons. The van der Waals surface area contributed by atoms with Crippen LogP contribution < -0.4 is 5.56 Å². The largest absolute Gasteiger partial charge is 0.478 e. The maximum absolute atomic E-state index is 11.8. The first-order valence-corrected chi connectivity index (χ1v) is 8.51. The van der Waals surface area contributed by atoms with Gasteiger partial charge in [-0.2, -0.15) is 0 Å². The number of hydrogen-bond acceptors (Lipinski definition) is 4. The van der Waals surface area contributed by atoms with Gasteiger partial charge in [0.15, 0.2) is 0 Å². The third-order valence-electron chi connectivity index (χ3n) is 3.64. The van der Waals surface area contributed by atoms with Crippen molar-refractivity contribution in [1.29, 1.82) is 0 Å². The first-order chi connectivity index (χ1) is 9.77. The molecule has 1 aromatic heterocycles. The highest BCUT2D eigenvalue weighted by molar-refractivity contribution is 7.88. The second-order valence-electron chi connectivity index (χ2n) is 5.34. The number of rotatable bonds is 4. The predicted octanol–water partition coefficient (Wildman–Crippen LogP) is 0.218. The predicted molar refractivity (Wildman–Crippen MR) is 76.8 cm³/mol. The van der Waals surface area contributed by atoms with E-state index < -0.39 is 16.0 Å². The van der Waals surface area contributed by atoms with Crippen LogP contribution in [0.15, 0.2) is 23.1 Å². The lowest BCUT2D eigenvalue weighted by atomic mass is 9.99. The zero-order chi connectivity index (χ0) is 15.6. The fourth-order valence-electron chi connectivity index (χ4n) is 2.56. The van der Waals surface area contributed by atoms with Crippen molar-refractivity contribution < 1.29 is 18.3 Å². The molecule has 1 aromatic rings. The smallest absolute Gasteiger partial charge is 0.337 e. The number of nitrogens with zero attached hydrogens (tertiary/aromatic N) is 2. The van der Waals surface area contributed by atoms with E-state index in [1.165, 1.54) is 33.5 Å². The highest BCUT2D eigenvalue weighted by Crippen LogP contribution is 2.19. The Morgan fingerprint density at radius 1 is 1.43 bits per heavy atom. The van der Waals surface area contributed by atoms with Gasteiger partial charge in [-0.05, 0) is 24.8 Å². The first-order valence-electron chi connectivity index (χ1n) is 6.66. The molecule has 1 N–H and O–H groups in total. The molecule has 1 aliphatic rings. The van der Waals surface area contributed by atoms with Gasteiger partial charge in [-0.15, -0.1) is 0 Å². The molecule has 0 bridgehead atoms. The van der Waals surface area contributed by atoms with E-state index in [9.17, 15) is 18.0 Å². The Hall–Kier alpha value is -1.67. The summed E-state index contributed by atoms with van der Waals surface area (Å²) in [5.41, 5.74) is -0.234. The average Bonchev–Trinajstić information content (AvgIpc) is 2.40. The third-order valence-corrected chi connectivity index (χ3v) is 4.91. The SMILES string of the molecule is CS(=O)(=O)N1CCCC(Cn2cc(C(=O)O)ccc2=O)C1. The van der Waals surface area contributed by atoms with Crippen LogP contribution in [-0.4, -0.2) is 47.7 Å². The normalized spacial score (nSPS) is 20.3. The van der Waals surface area contributed by atoms with Crippen molar-refractivity contribution in [3.8, 4) is 0 Å². The van der Waals surface area contributed by atoms with Crippen LogP contribution in [0.25, 0.3) is 0 Å². The fourth-order valence-corrected chi connectivity index (χ4v) is 3.50. The van der Waals surface area contributed by atoms with Crippen LogP contribution in [-0.2, 0) is 16.6 Å². The van der Waals surface area contributed by atoms with Gasteiger partial charge in [-0.25, -0.2) is 17.5 Å². The summed E-state index contributed by atoms with van der Waals surface area (Å²) in [5.74, 6) is -1.08. The minimum Gasteiger partial charge on any atom is -0.478 e. The molecule has 1 atom stereocenters. The highest BCUT2D eigenvalue weighted by Gasteiger charge is 2.26. The van der Waals surface area contributed by atoms with Crippen molar-refractivity contribution in [3.63, 3.8) is 0 Å². The number of carboxylic acids is 1. The summed E-state index contributed by atoms with van der Waals surface area (Å²) in [6, 6.07) is 2.49. The van der Waals surface area contributed by atoms with Crippen molar-refractivity contribution in [3.05, 3.63) is 34.2 Å². The Balaban J connectivity index is 2.16. The van der Waals surface area contributed by atoms with Gasteiger partial charge in [0.25, 0.3) is 5.56 Å². The van der Waals surface area contributed by atoms with Crippen molar-refractivity contribution in [1.82, 2.24) is 8.87 Å². The molecule has 116 valence electrons. The number of pyridine rings is 1. The molecule has 1 saturated heterocycles. The summed E-state index contributed by atoms with van der Waals surface area (Å²) >= 11 is 0. The van der Waals surface area contributed by atoms with Crippen LogP contribution in [0.2, 0.25) is 0 Å². The summed E-state index contributed by atoms with van der Waals surface area (Å²) in [6.45, 7) is 1.19. The minimum absolute atomic E-state index is 0.00946. The highest BCUT2D eigenvalue weighted by atomic mass is 32.2. The van der Waals surface area contributed by atoms with Gasteiger partial charge in [-0.3, -0.25) is 4.79 Å². The zero-order valence-corrected chi connectivity index (χ0v) is 12.5. The maximum Gasteiger partial charge on any atom is 0.337 e. The molecular formula is C13H18N2O5S.